The Labute approximate surface area is 340 Å². The van der Waals surface area contributed by atoms with Crippen LogP contribution in [0.25, 0.3) is 0 Å². The molecular weight excluding hydrogens is 748 g/mol. The molecule has 0 N–H and O–H groups in total. The van der Waals surface area contributed by atoms with Crippen LogP contribution in [0.5, 0.6) is 34.5 Å². The fourth-order valence-corrected chi connectivity index (χ4v) is 6.06. The Hall–Kier alpha value is -5.22. The highest BCUT2D eigenvalue weighted by molar-refractivity contribution is 5.92. The van der Waals surface area contributed by atoms with Crippen molar-refractivity contribution in [3.8, 4) is 34.5 Å². The number of ether oxygens (including phenoxy) is 10. The highest BCUT2D eigenvalue weighted by atomic mass is 16.5. The van der Waals surface area contributed by atoms with Crippen molar-refractivity contribution in [2.24, 2.45) is 0 Å². The lowest BCUT2D eigenvalue weighted by molar-refractivity contribution is 0.00624. The standard InChI is InChI=1S/C44H54N2O12/c1-49-39-15-9-35(29-41(39)51-3)43(47)57-37-11-5-33(6-12-37)31-45-17-21-53-25-27-55-23-19-46(20-24-56-28-26-54-22-18-45)32-34-7-13-38(14-8-34)58-44(48)36-10-16-40(50-2)42(30-36)52-4/h5-16,29-30H,17-28,31-32H2,1-4H3. The summed E-state index contributed by atoms with van der Waals surface area (Å²) in [5.41, 5.74) is 2.85. The summed E-state index contributed by atoms with van der Waals surface area (Å²) < 4.78 is 56.0. The van der Waals surface area contributed by atoms with Gasteiger partial charge in [0.1, 0.15) is 11.5 Å². The van der Waals surface area contributed by atoms with Gasteiger partial charge in [0, 0.05) is 39.3 Å². The first-order chi connectivity index (χ1) is 28.4. The van der Waals surface area contributed by atoms with Crippen LogP contribution in [0, 0.1) is 0 Å². The maximum Gasteiger partial charge on any atom is 0.343 e. The summed E-state index contributed by atoms with van der Waals surface area (Å²) in [5, 5.41) is 0. The molecule has 1 saturated heterocycles. The SMILES string of the molecule is COc1ccc(C(=O)Oc2ccc(CN3CCOCCOCCN(Cc4ccc(OC(=O)c5ccc(OC)c(OC)c5)cc4)CCOCCOCC3)cc2)cc1OC. The van der Waals surface area contributed by atoms with Crippen LogP contribution in [0.15, 0.2) is 84.9 Å². The smallest absolute Gasteiger partial charge is 0.343 e. The van der Waals surface area contributed by atoms with Gasteiger partial charge in [-0.1, -0.05) is 24.3 Å². The number of rotatable bonds is 12. The minimum atomic E-state index is -0.487. The Balaban J connectivity index is 1.05. The number of carbonyl (C=O) groups excluding carboxylic acids is 2. The van der Waals surface area contributed by atoms with E-state index in [4.69, 9.17) is 47.4 Å². The van der Waals surface area contributed by atoms with Crippen molar-refractivity contribution in [2.75, 3.05) is 107 Å². The maximum absolute atomic E-state index is 12.8. The zero-order chi connectivity index (χ0) is 41.0. The summed E-state index contributed by atoms with van der Waals surface area (Å²) >= 11 is 0. The van der Waals surface area contributed by atoms with E-state index >= 15 is 0 Å². The number of carbonyl (C=O) groups is 2. The van der Waals surface area contributed by atoms with E-state index in [2.05, 4.69) is 9.80 Å². The van der Waals surface area contributed by atoms with Gasteiger partial charge in [-0.05, 0) is 71.8 Å². The molecule has 0 spiro atoms. The van der Waals surface area contributed by atoms with Crippen molar-refractivity contribution in [2.45, 2.75) is 13.1 Å². The second kappa shape index (κ2) is 23.9. The van der Waals surface area contributed by atoms with Gasteiger partial charge in [-0.2, -0.15) is 0 Å². The van der Waals surface area contributed by atoms with E-state index in [1.54, 1.807) is 74.9 Å². The number of nitrogens with zero attached hydrogens (tertiary/aromatic N) is 2. The Bertz CT molecular complexity index is 1700. The molecule has 1 aliphatic heterocycles. The van der Waals surface area contributed by atoms with Gasteiger partial charge >= 0.3 is 11.9 Å². The molecule has 0 unspecified atom stereocenters. The Morgan fingerprint density at radius 1 is 0.448 bits per heavy atom. The average molecular weight is 803 g/mol. The minimum absolute atomic E-state index is 0.359. The molecule has 0 aromatic heterocycles. The monoisotopic (exact) mass is 802 g/mol. The zero-order valence-corrected chi connectivity index (χ0v) is 33.8. The van der Waals surface area contributed by atoms with Crippen molar-refractivity contribution < 1.29 is 57.0 Å². The molecule has 0 bridgehead atoms. The molecule has 1 heterocycles. The molecule has 14 nitrogen and oxygen atoms in total. The highest BCUT2D eigenvalue weighted by Crippen LogP contribution is 2.29. The number of esters is 2. The van der Waals surface area contributed by atoms with Crippen LogP contribution in [0.1, 0.15) is 31.8 Å². The van der Waals surface area contributed by atoms with E-state index in [0.29, 0.717) is 138 Å². The molecule has 4 aromatic carbocycles. The summed E-state index contributed by atoms with van der Waals surface area (Å²) in [6.07, 6.45) is 0. The quantitative estimate of drug-likeness (QED) is 0.131. The predicted molar refractivity (Wildman–Crippen MR) is 216 cm³/mol. The summed E-state index contributed by atoms with van der Waals surface area (Å²) in [4.78, 5) is 30.1. The van der Waals surface area contributed by atoms with E-state index in [1.165, 1.54) is 14.2 Å². The molecule has 1 fully saturated rings. The lowest BCUT2D eigenvalue weighted by atomic mass is 10.2. The van der Waals surface area contributed by atoms with Gasteiger partial charge in [0.25, 0.3) is 0 Å². The first-order valence-corrected chi connectivity index (χ1v) is 19.2. The summed E-state index contributed by atoms with van der Waals surface area (Å²) in [6.45, 7) is 8.27. The summed E-state index contributed by atoms with van der Waals surface area (Å²) in [6, 6.07) is 24.7. The average Bonchev–Trinajstić information content (AvgIpc) is 3.25. The van der Waals surface area contributed by atoms with E-state index in [0.717, 1.165) is 11.1 Å². The first-order valence-electron chi connectivity index (χ1n) is 19.2. The van der Waals surface area contributed by atoms with Crippen LogP contribution < -0.4 is 28.4 Å². The van der Waals surface area contributed by atoms with Crippen LogP contribution in [0.3, 0.4) is 0 Å². The minimum Gasteiger partial charge on any atom is -0.493 e. The molecule has 58 heavy (non-hydrogen) atoms. The fraction of sp³-hybridized carbons (Fsp3) is 0.409. The molecule has 1 aliphatic rings. The normalized spacial score (nSPS) is 15.7. The predicted octanol–water partition coefficient (Wildman–Crippen LogP) is 5.54. The third-order valence-electron chi connectivity index (χ3n) is 9.27. The van der Waals surface area contributed by atoms with Gasteiger partial charge in [-0.15, -0.1) is 0 Å². The number of benzene rings is 4. The lowest BCUT2D eigenvalue weighted by Gasteiger charge is -2.24. The highest BCUT2D eigenvalue weighted by Gasteiger charge is 2.16. The lowest BCUT2D eigenvalue weighted by Crippen LogP contribution is -2.32. The van der Waals surface area contributed by atoms with Crippen LogP contribution in [-0.4, -0.2) is 129 Å². The molecule has 0 amide bonds. The third kappa shape index (κ3) is 14.0. The van der Waals surface area contributed by atoms with Crippen LogP contribution in [0.2, 0.25) is 0 Å². The van der Waals surface area contributed by atoms with Gasteiger partial charge in [-0.3, -0.25) is 9.80 Å². The molecule has 0 aliphatic carbocycles. The van der Waals surface area contributed by atoms with Crippen molar-refractivity contribution >= 4 is 11.9 Å². The second-order valence-corrected chi connectivity index (χ2v) is 13.2. The van der Waals surface area contributed by atoms with Gasteiger partial charge in [0.2, 0.25) is 0 Å². The zero-order valence-electron chi connectivity index (χ0n) is 33.8. The van der Waals surface area contributed by atoms with Gasteiger partial charge < -0.3 is 47.4 Å². The van der Waals surface area contributed by atoms with Gasteiger partial charge in [0.15, 0.2) is 23.0 Å². The van der Waals surface area contributed by atoms with Crippen molar-refractivity contribution in [1.29, 1.82) is 0 Å². The molecular formula is C44H54N2O12. The fourth-order valence-electron chi connectivity index (χ4n) is 6.06. The van der Waals surface area contributed by atoms with E-state index in [1.807, 2.05) is 24.3 Å². The molecule has 0 atom stereocenters. The summed E-state index contributed by atoms with van der Waals surface area (Å²) in [5.74, 6) is 1.89. The van der Waals surface area contributed by atoms with E-state index < -0.39 is 11.9 Å². The maximum atomic E-state index is 12.8. The number of methoxy groups -OCH3 is 4. The Morgan fingerprint density at radius 2 is 0.776 bits per heavy atom. The van der Waals surface area contributed by atoms with Crippen LogP contribution in [0.4, 0.5) is 0 Å². The van der Waals surface area contributed by atoms with Crippen molar-refractivity contribution in [3.63, 3.8) is 0 Å². The number of hydrogen-bond acceptors (Lipinski definition) is 14. The van der Waals surface area contributed by atoms with E-state index in [-0.39, 0.29) is 0 Å². The Kier molecular flexibility index (Phi) is 18.1. The van der Waals surface area contributed by atoms with Crippen molar-refractivity contribution in [3.05, 3.63) is 107 Å². The molecule has 0 radical (unpaired) electrons. The number of hydrogen-bond donors (Lipinski definition) is 0. The summed E-state index contributed by atoms with van der Waals surface area (Å²) in [7, 11) is 6.12. The second-order valence-electron chi connectivity index (χ2n) is 13.2. The molecule has 0 saturated carbocycles. The van der Waals surface area contributed by atoms with E-state index in [9.17, 15) is 9.59 Å². The van der Waals surface area contributed by atoms with Gasteiger partial charge in [-0.25, -0.2) is 9.59 Å². The molecule has 312 valence electrons. The van der Waals surface area contributed by atoms with Crippen molar-refractivity contribution in [1.82, 2.24) is 9.80 Å². The topological polar surface area (TPSA) is 133 Å². The third-order valence-corrected chi connectivity index (χ3v) is 9.27. The van der Waals surface area contributed by atoms with Gasteiger partial charge in [0.05, 0.1) is 92.4 Å². The Morgan fingerprint density at radius 3 is 1.09 bits per heavy atom. The molecule has 5 rings (SSSR count). The van der Waals surface area contributed by atoms with Crippen LogP contribution >= 0.6 is 0 Å². The first kappa shape index (κ1) is 43.9. The molecule has 4 aromatic rings. The van der Waals surface area contributed by atoms with Crippen LogP contribution in [-0.2, 0) is 32.0 Å². The molecule has 14 heteroatoms. The largest absolute Gasteiger partial charge is 0.493 e.